The van der Waals surface area contributed by atoms with Crippen LogP contribution in [0.25, 0.3) is 0 Å². The highest BCUT2D eigenvalue weighted by molar-refractivity contribution is 5.79. The standard InChI is InChI=1S/C18H28N2O2/c1-12(2)22-17-9-13(3)7-8-15(17)11-20-18(21)16-6-4-5-14(16)10-19/h7-9,12,14,16H,4-6,10-11,19H2,1-3H3,(H,20,21)/t14-,16-/m1/s1. The Morgan fingerprint density at radius 1 is 1.41 bits per heavy atom. The van der Waals surface area contributed by atoms with Crippen LogP contribution in [0.1, 0.15) is 44.2 Å². The number of nitrogens with two attached hydrogens (primary N) is 1. The molecular formula is C18H28N2O2. The number of hydrogen-bond donors (Lipinski definition) is 2. The number of aryl methyl sites for hydroxylation is 1. The zero-order valence-electron chi connectivity index (χ0n) is 13.9. The van der Waals surface area contributed by atoms with Gasteiger partial charge in [0.1, 0.15) is 5.75 Å². The van der Waals surface area contributed by atoms with E-state index in [9.17, 15) is 4.79 Å². The molecule has 122 valence electrons. The molecule has 0 aromatic heterocycles. The van der Waals surface area contributed by atoms with Gasteiger partial charge < -0.3 is 15.8 Å². The first-order valence-corrected chi connectivity index (χ1v) is 8.25. The Balaban J connectivity index is 2.00. The number of carbonyl (C=O) groups is 1. The number of carbonyl (C=O) groups excluding carboxylic acids is 1. The fourth-order valence-corrected chi connectivity index (χ4v) is 3.15. The van der Waals surface area contributed by atoms with E-state index in [1.807, 2.05) is 39.0 Å². The van der Waals surface area contributed by atoms with Crippen molar-refractivity contribution in [3.63, 3.8) is 0 Å². The fourth-order valence-electron chi connectivity index (χ4n) is 3.15. The number of hydrogen-bond acceptors (Lipinski definition) is 3. The van der Waals surface area contributed by atoms with Crippen LogP contribution < -0.4 is 15.8 Å². The minimum Gasteiger partial charge on any atom is -0.491 e. The van der Waals surface area contributed by atoms with E-state index in [0.717, 1.165) is 36.1 Å². The van der Waals surface area contributed by atoms with Crippen molar-refractivity contribution < 1.29 is 9.53 Å². The zero-order valence-corrected chi connectivity index (χ0v) is 13.9. The van der Waals surface area contributed by atoms with Crippen LogP contribution in [0, 0.1) is 18.8 Å². The van der Waals surface area contributed by atoms with E-state index in [-0.39, 0.29) is 17.9 Å². The van der Waals surface area contributed by atoms with Crippen LogP contribution in [-0.2, 0) is 11.3 Å². The van der Waals surface area contributed by atoms with Gasteiger partial charge in [-0.15, -0.1) is 0 Å². The van der Waals surface area contributed by atoms with E-state index in [1.165, 1.54) is 0 Å². The molecule has 4 nitrogen and oxygen atoms in total. The van der Waals surface area contributed by atoms with Crippen molar-refractivity contribution in [1.29, 1.82) is 0 Å². The monoisotopic (exact) mass is 304 g/mol. The predicted octanol–water partition coefficient (Wildman–Crippen LogP) is 2.77. The van der Waals surface area contributed by atoms with Crippen LogP contribution in [-0.4, -0.2) is 18.6 Å². The Labute approximate surface area is 133 Å². The maximum Gasteiger partial charge on any atom is 0.223 e. The Hall–Kier alpha value is -1.55. The topological polar surface area (TPSA) is 64.4 Å². The van der Waals surface area contributed by atoms with Gasteiger partial charge in [0, 0.05) is 18.0 Å². The highest BCUT2D eigenvalue weighted by Crippen LogP contribution is 2.31. The normalized spacial score (nSPS) is 21.1. The fraction of sp³-hybridized carbons (Fsp3) is 0.611. The summed E-state index contributed by atoms with van der Waals surface area (Å²) in [5.41, 5.74) is 7.95. The molecule has 2 rings (SSSR count). The second-order valence-corrected chi connectivity index (χ2v) is 6.53. The van der Waals surface area contributed by atoms with Gasteiger partial charge in [0.05, 0.1) is 6.10 Å². The van der Waals surface area contributed by atoms with Gasteiger partial charge in [-0.25, -0.2) is 0 Å². The van der Waals surface area contributed by atoms with Crippen LogP contribution >= 0.6 is 0 Å². The molecule has 1 amide bonds. The third kappa shape index (κ3) is 4.23. The summed E-state index contributed by atoms with van der Waals surface area (Å²) < 4.78 is 5.85. The summed E-state index contributed by atoms with van der Waals surface area (Å²) in [6.45, 7) is 7.17. The van der Waals surface area contributed by atoms with E-state index in [1.54, 1.807) is 0 Å². The molecule has 1 saturated carbocycles. The first kappa shape index (κ1) is 16.8. The van der Waals surface area contributed by atoms with Gasteiger partial charge in [0.2, 0.25) is 5.91 Å². The lowest BCUT2D eigenvalue weighted by Gasteiger charge is -2.19. The molecule has 1 fully saturated rings. The summed E-state index contributed by atoms with van der Waals surface area (Å²) in [6.07, 6.45) is 3.25. The number of benzene rings is 1. The molecule has 22 heavy (non-hydrogen) atoms. The van der Waals surface area contributed by atoms with Crippen LogP contribution in [0.5, 0.6) is 5.75 Å². The van der Waals surface area contributed by atoms with Crippen LogP contribution in [0.4, 0.5) is 0 Å². The van der Waals surface area contributed by atoms with Gasteiger partial charge in [-0.1, -0.05) is 18.6 Å². The summed E-state index contributed by atoms with van der Waals surface area (Å²) >= 11 is 0. The van der Waals surface area contributed by atoms with Crippen molar-refractivity contribution in [2.45, 2.75) is 52.7 Å². The molecule has 0 unspecified atom stereocenters. The van der Waals surface area contributed by atoms with Gasteiger partial charge in [-0.2, -0.15) is 0 Å². The van der Waals surface area contributed by atoms with Crippen molar-refractivity contribution in [3.8, 4) is 5.75 Å². The van der Waals surface area contributed by atoms with Gasteiger partial charge >= 0.3 is 0 Å². The Kier molecular flexibility index (Phi) is 5.83. The van der Waals surface area contributed by atoms with Gasteiger partial charge in [-0.3, -0.25) is 4.79 Å². The molecule has 0 aliphatic heterocycles. The predicted molar refractivity (Wildman–Crippen MR) is 88.7 cm³/mol. The molecule has 0 radical (unpaired) electrons. The van der Waals surface area contributed by atoms with E-state index in [0.29, 0.717) is 19.0 Å². The second kappa shape index (κ2) is 7.63. The maximum atomic E-state index is 12.4. The zero-order chi connectivity index (χ0) is 16.1. The van der Waals surface area contributed by atoms with Gasteiger partial charge in [0.25, 0.3) is 0 Å². The lowest BCUT2D eigenvalue weighted by atomic mass is 9.95. The average molecular weight is 304 g/mol. The summed E-state index contributed by atoms with van der Waals surface area (Å²) in [6, 6.07) is 6.11. The second-order valence-electron chi connectivity index (χ2n) is 6.53. The molecule has 1 aromatic rings. The lowest BCUT2D eigenvalue weighted by molar-refractivity contribution is -0.126. The molecule has 2 atom stereocenters. The Bertz CT molecular complexity index is 514. The van der Waals surface area contributed by atoms with E-state index in [2.05, 4.69) is 5.32 Å². The molecular weight excluding hydrogens is 276 g/mol. The number of nitrogens with one attached hydrogen (secondary N) is 1. The maximum absolute atomic E-state index is 12.4. The van der Waals surface area contributed by atoms with Crippen molar-refractivity contribution in [1.82, 2.24) is 5.32 Å². The first-order chi connectivity index (χ1) is 10.5. The van der Waals surface area contributed by atoms with E-state index >= 15 is 0 Å². The molecule has 1 aliphatic carbocycles. The summed E-state index contributed by atoms with van der Waals surface area (Å²) in [5.74, 6) is 1.40. The molecule has 1 aliphatic rings. The highest BCUT2D eigenvalue weighted by Gasteiger charge is 2.31. The van der Waals surface area contributed by atoms with Crippen molar-refractivity contribution in [3.05, 3.63) is 29.3 Å². The molecule has 3 N–H and O–H groups in total. The minimum atomic E-state index is 0.0740. The van der Waals surface area contributed by atoms with Crippen LogP contribution in [0.3, 0.4) is 0 Å². The summed E-state index contributed by atoms with van der Waals surface area (Å²) in [5, 5.41) is 3.06. The minimum absolute atomic E-state index is 0.0740. The lowest BCUT2D eigenvalue weighted by Crippen LogP contribution is -2.34. The molecule has 0 saturated heterocycles. The molecule has 0 heterocycles. The van der Waals surface area contributed by atoms with Gasteiger partial charge in [0.15, 0.2) is 0 Å². The summed E-state index contributed by atoms with van der Waals surface area (Å²) in [7, 11) is 0. The Morgan fingerprint density at radius 2 is 2.18 bits per heavy atom. The SMILES string of the molecule is Cc1ccc(CNC(=O)[C@@H]2CCC[C@@H]2CN)c(OC(C)C)c1. The third-order valence-electron chi connectivity index (χ3n) is 4.34. The molecule has 0 spiro atoms. The number of amides is 1. The molecule has 4 heteroatoms. The van der Waals surface area contributed by atoms with Crippen molar-refractivity contribution in [2.24, 2.45) is 17.6 Å². The van der Waals surface area contributed by atoms with Gasteiger partial charge in [-0.05, 0) is 57.7 Å². The van der Waals surface area contributed by atoms with E-state index < -0.39 is 0 Å². The number of ether oxygens (including phenoxy) is 1. The molecule has 1 aromatic carbocycles. The van der Waals surface area contributed by atoms with E-state index in [4.69, 9.17) is 10.5 Å². The third-order valence-corrected chi connectivity index (χ3v) is 4.34. The number of rotatable bonds is 6. The van der Waals surface area contributed by atoms with Crippen molar-refractivity contribution >= 4 is 5.91 Å². The smallest absolute Gasteiger partial charge is 0.223 e. The van der Waals surface area contributed by atoms with Crippen molar-refractivity contribution in [2.75, 3.05) is 6.54 Å². The largest absolute Gasteiger partial charge is 0.491 e. The highest BCUT2D eigenvalue weighted by atomic mass is 16.5. The summed E-state index contributed by atoms with van der Waals surface area (Å²) in [4.78, 5) is 12.4. The molecule has 0 bridgehead atoms. The Morgan fingerprint density at radius 3 is 2.86 bits per heavy atom. The van der Waals surface area contributed by atoms with Crippen LogP contribution in [0.15, 0.2) is 18.2 Å². The average Bonchev–Trinajstić information content (AvgIpc) is 2.94. The van der Waals surface area contributed by atoms with Crippen LogP contribution in [0.2, 0.25) is 0 Å². The first-order valence-electron chi connectivity index (χ1n) is 8.25. The quantitative estimate of drug-likeness (QED) is 0.849.